The molecule has 9 nitrogen and oxygen atoms in total. The van der Waals surface area contributed by atoms with Gasteiger partial charge < -0.3 is 16.4 Å². The summed E-state index contributed by atoms with van der Waals surface area (Å²) in [5, 5.41) is 7.51. The van der Waals surface area contributed by atoms with E-state index >= 15 is 0 Å². The lowest BCUT2D eigenvalue weighted by Crippen LogP contribution is -2.33. The van der Waals surface area contributed by atoms with Crippen LogP contribution in [0.1, 0.15) is 41.0 Å². The summed E-state index contributed by atoms with van der Waals surface area (Å²) >= 11 is 0. The molecule has 42 heavy (non-hydrogen) atoms. The molecule has 5 aromatic rings. The number of nitrogens with one attached hydrogen (secondary N) is 2. The van der Waals surface area contributed by atoms with E-state index in [9.17, 15) is 14.4 Å². The molecular weight excluding hydrogens is 528 g/mol. The highest BCUT2D eigenvalue weighted by Crippen LogP contribution is 2.25. The number of pyridine rings is 3. The Morgan fingerprint density at radius 2 is 1.86 bits per heavy atom. The van der Waals surface area contributed by atoms with Gasteiger partial charge in [-0.25, -0.2) is 4.98 Å². The van der Waals surface area contributed by atoms with Gasteiger partial charge in [-0.2, -0.15) is 0 Å². The third-order valence-corrected chi connectivity index (χ3v) is 6.74. The predicted octanol–water partition coefficient (Wildman–Crippen LogP) is 4.05. The molecule has 5 rings (SSSR count). The second-order valence-corrected chi connectivity index (χ2v) is 9.52. The Kier molecular flexibility index (Phi) is 8.07. The summed E-state index contributed by atoms with van der Waals surface area (Å²) in [4.78, 5) is 47.6. The van der Waals surface area contributed by atoms with Gasteiger partial charge in [-0.1, -0.05) is 48.8 Å². The van der Waals surface area contributed by atoms with Crippen LogP contribution in [0.25, 0.3) is 27.4 Å². The van der Waals surface area contributed by atoms with E-state index in [1.54, 1.807) is 36.0 Å². The first-order valence-corrected chi connectivity index (χ1v) is 13.3. The maximum Gasteiger partial charge on any atom is 0.264 e. The summed E-state index contributed by atoms with van der Waals surface area (Å²) in [5.74, 6) is 5.47. The third-order valence-electron chi connectivity index (χ3n) is 6.74. The molecule has 0 unspecified atom stereocenters. The van der Waals surface area contributed by atoms with Crippen LogP contribution in [0, 0.1) is 11.8 Å². The van der Waals surface area contributed by atoms with Crippen LogP contribution in [0.4, 0.5) is 5.82 Å². The van der Waals surface area contributed by atoms with Crippen LogP contribution in [-0.2, 0) is 4.79 Å². The molecule has 0 aliphatic carbocycles. The average molecular weight is 557 g/mol. The van der Waals surface area contributed by atoms with Crippen LogP contribution in [0.5, 0.6) is 0 Å². The lowest BCUT2D eigenvalue weighted by atomic mass is 10.0. The number of carbonyl (C=O) groups excluding carboxylic acids is 2. The third kappa shape index (κ3) is 5.60. The van der Waals surface area contributed by atoms with Crippen molar-refractivity contribution in [3.05, 3.63) is 119 Å². The van der Waals surface area contributed by atoms with Gasteiger partial charge in [-0.3, -0.25) is 23.9 Å². The van der Waals surface area contributed by atoms with Crippen molar-refractivity contribution in [1.29, 1.82) is 0 Å². The minimum Gasteiger partial charge on any atom is -0.383 e. The van der Waals surface area contributed by atoms with Gasteiger partial charge in [0.1, 0.15) is 11.4 Å². The van der Waals surface area contributed by atoms with Crippen LogP contribution < -0.4 is 21.9 Å². The lowest BCUT2D eigenvalue weighted by molar-refractivity contribution is -0.116. The van der Waals surface area contributed by atoms with E-state index in [1.165, 1.54) is 6.08 Å². The van der Waals surface area contributed by atoms with Crippen LogP contribution in [0.2, 0.25) is 0 Å². The van der Waals surface area contributed by atoms with Gasteiger partial charge in [-0.05, 0) is 54.8 Å². The average Bonchev–Trinajstić information content (AvgIpc) is 3.00. The Bertz CT molecular complexity index is 1950. The van der Waals surface area contributed by atoms with E-state index in [1.807, 2.05) is 54.6 Å². The molecule has 0 aliphatic rings. The van der Waals surface area contributed by atoms with Crippen molar-refractivity contribution in [1.82, 2.24) is 25.2 Å². The number of nitrogens with two attached hydrogens (primary N) is 1. The van der Waals surface area contributed by atoms with Gasteiger partial charge in [0.15, 0.2) is 0 Å². The van der Waals surface area contributed by atoms with Gasteiger partial charge in [0, 0.05) is 47.7 Å². The number of rotatable bonds is 7. The number of nitrogen functional groups attached to an aromatic ring is 1. The number of nitrogens with zero attached hydrogens (tertiary/aromatic N) is 3. The molecule has 2 aromatic carbocycles. The van der Waals surface area contributed by atoms with Gasteiger partial charge in [0.2, 0.25) is 5.91 Å². The minimum atomic E-state index is -0.601. The Hall–Kier alpha value is -5.75. The molecule has 3 heterocycles. The first-order valence-electron chi connectivity index (χ1n) is 13.3. The molecule has 9 heteroatoms. The normalized spacial score (nSPS) is 11.4. The van der Waals surface area contributed by atoms with Crippen molar-refractivity contribution in [2.24, 2.45) is 0 Å². The topological polar surface area (TPSA) is 132 Å². The smallest absolute Gasteiger partial charge is 0.264 e. The van der Waals surface area contributed by atoms with Crippen LogP contribution in [0.15, 0.2) is 96.6 Å². The van der Waals surface area contributed by atoms with Crippen LogP contribution in [0.3, 0.4) is 0 Å². The highest BCUT2D eigenvalue weighted by atomic mass is 16.2. The summed E-state index contributed by atoms with van der Waals surface area (Å²) in [6, 6.07) is 19.5. The van der Waals surface area contributed by atoms with Gasteiger partial charge in [0.05, 0.1) is 16.9 Å². The molecule has 0 bridgehead atoms. The number of amides is 2. The molecule has 0 aliphatic heterocycles. The van der Waals surface area contributed by atoms with Crippen molar-refractivity contribution in [3.63, 3.8) is 0 Å². The van der Waals surface area contributed by atoms with E-state index < -0.39 is 11.9 Å². The molecule has 2 amide bonds. The maximum absolute atomic E-state index is 14.2. The van der Waals surface area contributed by atoms with E-state index in [-0.39, 0.29) is 22.8 Å². The number of aromatic nitrogens is 3. The predicted molar refractivity (Wildman–Crippen MR) is 164 cm³/mol. The molecule has 208 valence electrons. The molecular formula is C33H28N6O3. The van der Waals surface area contributed by atoms with Crippen molar-refractivity contribution >= 4 is 39.3 Å². The van der Waals surface area contributed by atoms with E-state index in [4.69, 9.17) is 5.73 Å². The molecule has 3 aromatic heterocycles. The number of hydrogen-bond donors (Lipinski definition) is 3. The summed E-state index contributed by atoms with van der Waals surface area (Å²) in [6.07, 6.45) is 4.78. The van der Waals surface area contributed by atoms with Gasteiger partial charge in [0.25, 0.3) is 11.5 Å². The lowest BCUT2D eigenvalue weighted by Gasteiger charge is -2.21. The monoisotopic (exact) mass is 556 g/mol. The fraction of sp³-hybridized carbons (Fsp3) is 0.121. The molecule has 0 saturated heterocycles. The second-order valence-electron chi connectivity index (χ2n) is 9.52. The van der Waals surface area contributed by atoms with Gasteiger partial charge >= 0.3 is 0 Å². The number of para-hydroxylation sites is 1. The maximum atomic E-state index is 14.2. The second kappa shape index (κ2) is 12.2. The van der Waals surface area contributed by atoms with Gasteiger partial charge in [-0.15, -0.1) is 0 Å². The fourth-order valence-electron chi connectivity index (χ4n) is 4.75. The van der Waals surface area contributed by atoms with Crippen molar-refractivity contribution in [2.45, 2.75) is 19.4 Å². The highest BCUT2D eigenvalue weighted by Gasteiger charge is 2.22. The molecule has 0 radical (unpaired) electrons. The van der Waals surface area contributed by atoms with E-state index in [2.05, 4.69) is 39.0 Å². The van der Waals surface area contributed by atoms with Crippen LogP contribution in [-0.4, -0.2) is 32.9 Å². The molecule has 0 spiro atoms. The summed E-state index contributed by atoms with van der Waals surface area (Å²) in [7, 11) is 0. The van der Waals surface area contributed by atoms with E-state index in [0.29, 0.717) is 51.6 Å². The van der Waals surface area contributed by atoms with E-state index in [0.717, 1.165) is 0 Å². The summed E-state index contributed by atoms with van der Waals surface area (Å²) in [5.41, 5.74) is 8.25. The Labute approximate surface area is 242 Å². The summed E-state index contributed by atoms with van der Waals surface area (Å²) < 4.78 is 1.59. The largest absolute Gasteiger partial charge is 0.383 e. The summed E-state index contributed by atoms with van der Waals surface area (Å²) in [6.45, 7) is 5.60. The Morgan fingerprint density at radius 1 is 1.07 bits per heavy atom. The standard InChI is InChI=1S/C33H28N6O3/c1-3-27(40)35-17-8-7-11-22-12-9-13-23-19-26(39(33(42)28(22)23)25-15-5-4-6-16-25)21(2)38-32(41)29-30-24(14-10-18-36-30)20-37-31(29)34/h3-6,9-10,12-16,18-21H,1,8,17H2,2H3,(H2,34,37)(H,35,40)(H,38,41)/t21-/m0/s1. The first kappa shape index (κ1) is 27.8. The SMILES string of the molecule is C=CC(=O)NCCC#Cc1cccc2cc([C@H](C)NC(=O)c3c(N)ncc4cccnc34)n(-c3ccccc3)c(=O)c12. The highest BCUT2D eigenvalue weighted by molar-refractivity contribution is 6.09. The number of hydrogen-bond acceptors (Lipinski definition) is 6. The minimum absolute atomic E-state index is 0.0668. The zero-order valence-corrected chi connectivity index (χ0v) is 22.9. The quantitative estimate of drug-likeness (QED) is 0.157. The number of carbonyl (C=O) groups is 2. The first-order chi connectivity index (χ1) is 20.4. The Balaban J connectivity index is 1.57. The molecule has 1 atom stereocenters. The number of anilines is 1. The number of fused-ring (bicyclic) bond motifs is 2. The van der Waals surface area contributed by atoms with Crippen molar-refractivity contribution in [3.8, 4) is 17.5 Å². The number of benzene rings is 2. The zero-order valence-electron chi connectivity index (χ0n) is 22.9. The van der Waals surface area contributed by atoms with Crippen LogP contribution >= 0.6 is 0 Å². The molecule has 0 fully saturated rings. The molecule has 4 N–H and O–H groups in total. The molecule has 0 saturated carbocycles. The Morgan fingerprint density at radius 3 is 2.64 bits per heavy atom. The van der Waals surface area contributed by atoms with Crippen molar-refractivity contribution < 1.29 is 9.59 Å². The van der Waals surface area contributed by atoms with Crippen molar-refractivity contribution in [2.75, 3.05) is 12.3 Å². The zero-order chi connectivity index (χ0) is 29.6. The fourth-order valence-corrected chi connectivity index (χ4v) is 4.75.